The van der Waals surface area contributed by atoms with Crippen LogP contribution in [0.3, 0.4) is 0 Å². The van der Waals surface area contributed by atoms with Crippen LogP contribution in [-0.4, -0.2) is 28.7 Å². The molecule has 2 rings (SSSR count). The molecule has 0 spiro atoms. The average molecular weight is 289 g/mol. The van der Waals surface area contributed by atoms with Crippen molar-refractivity contribution in [2.45, 2.75) is 13.3 Å². The van der Waals surface area contributed by atoms with E-state index in [0.29, 0.717) is 17.1 Å². The molecule has 0 radical (unpaired) electrons. The lowest BCUT2D eigenvalue weighted by atomic mass is 10.2. The van der Waals surface area contributed by atoms with Crippen LogP contribution < -0.4 is 10.6 Å². The van der Waals surface area contributed by atoms with Gasteiger partial charge in [0.2, 0.25) is 5.76 Å². The first-order chi connectivity index (χ1) is 9.99. The van der Waals surface area contributed by atoms with Gasteiger partial charge in [0.1, 0.15) is 0 Å². The summed E-state index contributed by atoms with van der Waals surface area (Å²) in [6.45, 7) is 1.68. The molecule has 1 amide bonds. The van der Waals surface area contributed by atoms with E-state index in [-0.39, 0.29) is 18.7 Å². The molecular weight excluding hydrogens is 274 g/mol. The van der Waals surface area contributed by atoms with Crippen molar-refractivity contribution in [3.8, 4) is 0 Å². The zero-order chi connectivity index (χ0) is 15.4. The van der Waals surface area contributed by atoms with Crippen molar-refractivity contribution in [2.75, 3.05) is 17.2 Å². The van der Waals surface area contributed by atoms with Gasteiger partial charge in [-0.25, -0.2) is 0 Å². The van der Waals surface area contributed by atoms with E-state index in [9.17, 15) is 9.59 Å². The van der Waals surface area contributed by atoms with Crippen LogP contribution in [0, 0.1) is 6.92 Å². The minimum atomic E-state index is -1.00. The number of rotatable bonds is 5. The summed E-state index contributed by atoms with van der Waals surface area (Å²) in [5.41, 5.74) is 7.25. The number of amides is 1. The van der Waals surface area contributed by atoms with Gasteiger partial charge in [0.05, 0.1) is 23.5 Å². The average Bonchev–Trinajstić information content (AvgIpc) is 2.87. The lowest BCUT2D eigenvalue weighted by Crippen LogP contribution is -2.33. The number of nitrogen functional groups attached to an aromatic ring is 1. The largest absolute Gasteiger partial charge is 0.481 e. The second kappa shape index (κ2) is 6.08. The highest BCUT2D eigenvalue weighted by Gasteiger charge is 2.23. The number of carboxylic acid groups (broad SMARTS) is 1. The second-order valence-electron chi connectivity index (χ2n) is 4.49. The third-order valence-electron chi connectivity index (χ3n) is 2.86. The van der Waals surface area contributed by atoms with Crippen LogP contribution in [0.2, 0.25) is 0 Å². The van der Waals surface area contributed by atoms with Crippen molar-refractivity contribution in [1.82, 2.24) is 5.16 Å². The molecule has 7 heteroatoms. The predicted octanol–water partition coefficient (Wildman–Crippen LogP) is 1.69. The zero-order valence-corrected chi connectivity index (χ0v) is 11.4. The number of anilines is 2. The van der Waals surface area contributed by atoms with Gasteiger partial charge >= 0.3 is 5.97 Å². The van der Waals surface area contributed by atoms with Crippen LogP contribution in [0.1, 0.15) is 22.7 Å². The number of hydrogen-bond donors (Lipinski definition) is 2. The Morgan fingerprint density at radius 2 is 2.10 bits per heavy atom. The number of carbonyl (C=O) groups is 2. The van der Waals surface area contributed by atoms with E-state index < -0.39 is 11.9 Å². The number of nitrogens with zero attached hydrogens (tertiary/aromatic N) is 2. The monoisotopic (exact) mass is 289 g/mol. The summed E-state index contributed by atoms with van der Waals surface area (Å²) in [4.78, 5) is 24.5. The quantitative estimate of drug-likeness (QED) is 0.810. The van der Waals surface area contributed by atoms with Crippen molar-refractivity contribution >= 4 is 23.3 Å². The van der Waals surface area contributed by atoms with Crippen molar-refractivity contribution in [1.29, 1.82) is 0 Å². The van der Waals surface area contributed by atoms with Crippen molar-refractivity contribution in [2.24, 2.45) is 0 Å². The summed E-state index contributed by atoms with van der Waals surface area (Å²) in [5, 5.41) is 12.5. The minimum Gasteiger partial charge on any atom is -0.481 e. The number of benzene rings is 1. The van der Waals surface area contributed by atoms with Crippen LogP contribution in [0.4, 0.5) is 11.4 Å². The van der Waals surface area contributed by atoms with Gasteiger partial charge in [0, 0.05) is 12.6 Å². The number of carboxylic acids is 1. The van der Waals surface area contributed by atoms with Crippen molar-refractivity contribution < 1.29 is 19.2 Å². The molecule has 0 fully saturated rings. The SMILES string of the molecule is Cc1cc(C(=O)N(CCC(=O)O)c2ccccc2N)on1. The second-order valence-corrected chi connectivity index (χ2v) is 4.49. The Labute approximate surface area is 120 Å². The molecule has 0 aliphatic heterocycles. The molecule has 110 valence electrons. The summed E-state index contributed by atoms with van der Waals surface area (Å²) in [7, 11) is 0. The Bertz CT molecular complexity index is 666. The highest BCUT2D eigenvalue weighted by molar-refractivity contribution is 6.06. The normalized spacial score (nSPS) is 10.3. The Morgan fingerprint density at radius 3 is 2.67 bits per heavy atom. The Kier molecular flexibility index (Phi) is 4.22. The summed E-state index contributed by atoms with van der Waals surface area (Å²) in [5.74, 6) is -1.44. The molecule has 0 aliphatic carbocycles. The molecule has 3 N–H and O–H groups in total. The molecule has 0 saturated carbocycles. The van der Waals surface area contributed by atoms with E-state index in [2.05, 4.69) is 5.16 Å². The summed E-state index contributed by atoms with van der Waals surface area (Å²) < 4.78 is 4.95. The van der Waals surface area contributed by atoms with Gasteiger partial charge < -0.3 is 20.3 Å². The van der Waals surface area contributed by atoms with Crippen LogP contribution in [-0.2, 0) is 4.79 Å². The lowest BCUT2D eigenvalue weighted by molar-refractivity contribution is -0.136. The van der Waals surface area contributed by atoms with E-state index in [1.165, 1.54) is 11.0 Å². The molecule has 21 heavy (non-hydrogen) atoms. The fourth-order valence-electron chi connectivity index (χ4n) is 1.87. The first-order valence-corrected chi connectivity index (χ1v) is 6.30. The molecule has 0 saturated heterocycles. The fraction of sp³-hybridized carbons (Fsp3) is 0.214. The molecule has 0 bridgehead atoms. The maximum atomic E-state index is 12.5. The lowest BCUT2D eigenvalue weighted by Gasteiger charge is -2.22. The van der Waals surface area contributed by atoms with Gasteiger partial charge in [-0.3, -0.25) is 9.59 Å². The highest BCUT2D eigenvalue weighted by atomic mass is 16.5. The molecule has 2 aromatic rings. The number of aryl methyl sites for hydroxylation is 1. The number of aliphatic carboxylic acids is 1. The zero-order valence-electron chi connectivity index (χ0n) is 11.4. The molecule has 1 aromatic heterocycles. The Morgan fingerprint density at radius 1 is 1.38 bits per heavy atom. The first-order valence-electron chi connectivity index (χ1n) is 6.30. The smallest absolute Gasteiger partial charge is 0.305 e. The number of hydrogen-bond acceptors (Lipinski definition) is 5. The van der Waals surface area contributed by atoms with Gasteiger partial charge in [-0.2, -0.15) is 0 Å². The van der Waals surface area contributed by atoms with Crippen molar-refractivity contribution in [3.05, 3.63) is 41.8 Å². The number of nitrogens with two attached hydrogens (primary N) is 1. The van der Waals surface area contributed by atoms with E-state index in [0.717, 1.165) is 0 Å². The number of carbonyl (C=O) groups excluding carboxylic acids is 1. The van der Waals surface area contributed by atoms with E-state index in [1.807, 2.05) is 0 Å². The molecule has 1 aromatic carbocycles. The third-order valence-corrected chi connectivity index (χ3v) is 2.86. The standard InChI is InChI=1S/C14H15N3O4/c1-9-8-12(21-16-9)14(20)17(7-6-13(18)19)11-5-3-2-4-10(11)15/h2-5,8H,6-7,15H2,1H3,(H,18,19). The van der Waals surface area contributed by atoms with Crippen LogP contribution >= 0.6 is 0 Å². The molecule has 7 nitrogen and oxygen atoms in total. The van der Waals surface area contributed by atoms with E-state index >= 15 is 0 Å². The Balaban J connectivity index is 2.34. The van der Waals surface area contributed by atoms with Gasteiger partial charge in [-0.1, -0.05) is 17.3 Å². The molecule has 1 heterocycles. The van der Waals surface area contributed by atoms with E-state index in [4.69, 9.17) is 15.4 Å². The first kappa shape index (κ1) is 14.6. The minimum absolute atomic E-state index is 0.0118. The summed E-state index contributed by atoms with van der Waals surface area (Å²) >= 11 is 0. The van der Waals surface area contributed by atoms with Crippen LogP contribution in [0.5, 0.6) is 0 Å². The number of aromatic nitrogens is 1. The summed E-state index contributed by atoms with van der Waals surface area (Å²) in [6, 6.07) is 8.24. The third kappa shape index (κ3) is 3.38. The van der Waals surface area contributed by atoms with Crippen molar-refractivity contribution in [3.63, 3.8) is 0 Å². The Hall–Kier alpha value is -2.83. The highest BCUT2D eigenvalue weighted by Crippen LogP contribution is 2.24. The molecule has 0 aliphatic rings. The molecular formula is C14H15N3O4. The predicted molar refractivity (Wildman–Crippen MR) is 76.0 cm³/mol. The van der Waals surface area contributed by atoms with Gasteiger partial charge in [-0.15, -0.1) is 0 Å². The molecule has 0 atom stereocenters. The van der Waals surface area contributed by atoms with Gasteiger partial charge in [-0.05, 0) is 19.1 Å². The van der Waals surface area contributed by atoms with Gasteiger partial charge in [0.15, 0.2) is 0 Å². The number of para-hydroxylation sites is 2. The maximum Gasteiger partial charge on any atom is 0.305 e. The summed E-state index contributed by atoms with van der Waals surface area (Å²) in [6.07, 6.45) is -0.201. The topological polar surface area (TPSA) is 110 Å². The van der Waals surface area contributed by atoms with Crippen LogP contribution in [0.25, 0.3) is 0 Å². The van der Waals surface area contributed by atoms with E-state index in [1.54, 1.807) is 31.2 Å². The van der Waals surface area contributed by atoms with Crippen LogP contribution in [0.15, 0.2) is 34.9 Å². The molecule has 0 unspecified atom stereocenters. The fourth-order valence-corrected chi connectivity index (χ4v) is 1.87. The maximum absolute atomic E-state index is 12.5. The van der Waals surface area contributed by atoms with Gasteiger partial charge in [0.25, 0.3) is 5.91 Å².